The fourth-order valence-electron chi connectivity index (χ4n) is 2.03. The van der Waals surface area contributed by atoms with Crippen LogP contribution in [0.3, 0.4) is 0 Å². The number of benzene rings is 2. The fraction of sp³-hybridized carbons (Fsp3) is 0.125. The third-order valence-electron chi connectivity index (χ3n) is 3.12. The minimum Gasteiger partial charge on any atom is -0.301 e. The van der Waals surface area contributed by atoms with Crippen LogP contribution in [0.5, 0.6) is 0 Å². The second-order valence-electron chi connectivity index (χ2n) is 4.85. The lowest BCUT2D eigenvalue weighted by Crippen LogP contribution is -2.13. The van der Waals surface area contributed by atoms with Crippen LogP contribution in [0.25, 0.3) is 10.2 Å². The summed E-state index contributed by atoms with van der Waals surface area (Å²) < 4.78 is 27.6. The molecule has 0 aliphatic carbocycles. The number of carbonyl (C=O) groups is 1. The van der Waals surface area contributed by atoms with Crippen molar-refractivity contribution >= 4 is 44.4 Å². The molecule has 0 fully saturated rings. The van der Waals surface area contributed by atoms with E-state index in [2.05, 4.69) is 10.3 Å². The van der Waals surface area contributed by atoms with Crippen molar-refractivity contribution < 1.29 is 13.6 Å². The molecule has 3 nitrogen and oxygen atoms in total. The molecule has 0 atom stereocenters. The van der Waals surface area contributed by atoms with Crippen LogP contribution in [0.1, 0.15) is 5.56 Å². The van der Waals surface area contributed by atoms with E-state index in [0.717, 1.165) is 45.7 Å². The molecule has 118 valence electrons. The van der Waals surface area contributed by atoms with Crippen molar-refractivity contribution in [1.82, 2.24) is 4.98 Å². The maximum atomic E-state index is 13.5. The summed E-state index contributed by atoms with van der Waals surface area (Å²) in [5.41, 5.74) is 1.90. The molecule has 0 saturated carbocycles. The number of thiazole rings is 1. The highest BCUT2D eigenvalue weighted by molar-refractivity contribution is 8.00. The van der Waals surface area contributed by atoms with Gasteiger partial charge in [0.1, 0.15) is 11.6 Å². The van der Waals surface area contributed by atoms with Gasteiger partial charge in [-0.15, -0.1) is 11.8 Å². The third-order valence-corrected chi connectivity index (χ3v) is 5.09. The van der Waals surface area contributed by atoms with Crippen LogP contribution < -0.4 is 5.32 Å². The van der Waals surface area contributed by atoms with Crippen molar-refractivity contribution in [3.63, 3.8) is 0 Å². The summed E-state index contributed by atoms with van der Waals surface area (Å²) in [6.07, 6.45) is 0. The van der Waals surface area contributed by atoms with Gasteiger partial charge >= 0.3 is 0 Å². The summed E-state index contributed by atoms with van der Waals surface area (Å²) in [6.45, 7) is 1.95. The monoisotopic (exact) mass is 350 g/mol. The largest absolute Gasteiger partial charge is 0.301 e. The predicted octanol–water partition coefficient (Wildman–Crippen LogP) is 4.61. The highest BCUT2D eigenvalue weighted by Crippen LogP contribution is 2.28. The molecule has 1 N–H and O–H groups in total. The van der Waals surface area contributed by atoms with Gasteiger partial charge in [-0.05, 0) is 36.8 Å². The number of rotatable bonds is 4. The Morgan fingerprint density at radius 2 is 2.13 bits per heavy atom. The Morgan fingerprint density at radius 1 is 1.30 bits per heavy atom. The molecule has 0 spiro atoms. The zero-order chi connectivity index (χ0) is 16.4. The van der Waals surface area contributed by atoms with Crippen LogP contribution >= 0.6 is 23.1 Å². The van der Waals surface area contributed by atoms with Crippen molar-refractivity contribution in [3.05, 3.63) is 53.6 Å². The molecule has 0 saturated heterocycles. The van der Waals surface area contributed by atoms with E-state index in [0.29, 0.717) is 5.13 Å². The smallest absolute Gasteiger partial charge is 0.236 e. The van der Waals surface area contributed by atoms with E-state index in [4.69, 9.17) is 0 Å². The Labute approximate surface area is 139 Å². The molecule has 2 aromatic carbocycles. The van der Waals surface area contributed by atoms with E-state index in [-0.39, 0.29) is 16.6 Å². The SMILES string of the molecule is Cc1cccc2sc(NC(=O)CSc3cc(F)ccc3F)nc12. The van der Waals surface area contributed by atoms with Crippen LogP contribution in [0, 0.1) is 18.6 Å². The number of fused-ring (bicyclic) bond motifs is 1. The van der Waals surface area contributed by atoms with Crippen LogP contribution in [-0.2, 0) is 4.79 Å². The predicted molar refractivity (Wildman–Crippen MR) is 90.1 cm³/mol. The molecule has 23 heavy (non-hydrogen) atoms. The van der Waals surface area contributed by atoms with Crippen LogP contribution in [0.4, 0.5) is 13.9 Å². The number of nitrogens with one attached hydrogen (secondary N) is 1. The van der Waals surface area contributed by atoms with E-state index in [1.165, 1.54) is 11.3 Å². The molecule has 0 aliphatic heterocycles. The minimum atomic E-state index is -0.542. The number of para-hydroxylation sites is 1. The number of aryl methyl sites for hydroxylation is 1. The molecule has 0 radical (unpaired) electrons. The normalized spacial score (nSPS) is 10.9. The Balaban J connectivity index is 1.66. The summed E-state index contributed by atoms with van der Waals surface area (Å²) >= 11 is 2.33. The van der Waals surface area contributed by atoms with Crippen molar-refractivity contribution in [1.29, 1.82) is 0 Å². The second kappa shape index (κ2) is 6.64. The van der Waals surface area contributed by atoms with Gasteiger partial charge in [0.15, 0.2) is 5.13 Å². The third kappa shape index (κ3) is 3.68. The van der Waals surface area contributed by atoms with Crippen molar-refractivity contribution in [3.8, 4) is 0 Å². The van der Waals surface area contributed by atoms with Gasteiger partial charge in [-0.1, -0.05) is 23.5 Å². The van der Waals surface area contributed by atoms with Crippen molar-refractivity contribution in [2.45, 2.75) is 11.8 Å². The first-order valence-electron chi connectivity index (χ1n) is 6.77. The van der Waals surface area contributed by atoms with Crippen LogP contribution in [0.2, 0.25) is 0 Å². The number of thioether (sulfide) groups is 1. The Hall–Kier alpha value is -1.99. The topological polar surface area (TPSA) is 42.0 Å². The lowest BCUT2D eigenvalue weighted by Gasteiger charge is -2.03. The minimum absolute atomic E-state index is 0.0186. The standard InChI is InChI=1S/C16H12F2N2OS2/c1-9-3-2-4-12-15(9)20-16(23-12)19-14(21)8-22-13-7-10(17)5-6-11(13)18/h2-7H,8H2,1H3,(H,19,20,21). The molecular weight excluding hydrogens is 338 g/mol. The number of hydrogen-bond donors (Lipinski definition) is 1. The first kappa shape index (κ1) is 15.9. The maximum Gasteiger partial charge on any atom is 0.236 e. The van der Waals surface area contributed by atoms with Gasteiger partial charge in [0.25, 0.3) is 0 Å². The van der Waals surface area contributed by atoms with Crippen molar-refractivity contribution in [2.24, 2.45) is 0 Å². The van der Waals surface area contributed by atoms with Gasteiger partial charge in [-0.3, -0.25) is 4.79 Å². The average Bonchev–Trinajstić information content (AvgIpc) is 2.92. The first-order valence-corrected chi connectivity index (χ1v) is 8.57. The summed E-state index contributed by atoms with van der Waals surface area (Å²) in [5, 5.41) is 3.19. The number of anilines is 1. The second-order valence-corrected chi connectivity index (χ2v) is 6.90. The number of hydrogen-bond acceptors (Lipinski definition) is 4. The molecular formula is C16H12F2N2OS2. The summed E-state index contributed by atoms with van der Waals surface area (Å²) in [6, 6.07) is 9.00. The van der Waals surface area contributed by atoms with Crippen LogP contribution in [-0.4, -0.2) is 16.6 Å². The number of aromatic nitrogens is 1. The molecule has 1 amide bonds. The zero-order valence-electron chi connectivity index (χ0n) is 12.1. The maximum absolute atomic E-state index is 13.5. The number of halogens is 2. The number of amides is 1. The highest BCUT2D eigenvalue weighted by Gasteiger charge is 2.11. The Morgan fingerprint density at radius 3 is 2.91 bits per heavy atom. The van der Waals surface area contributed by atoms with E-state index in [1.807, 2.05) is 25.1 Å². The molecule has 7 heteroatoms. The van der Waals surface area contributed by atoms with E-state index in [1.54, 1.807) is 0 Å². The first-order chi connectivity index (χ1) is 11.0. The van der Waals surface area contributed by atoms with E-state index in [9.17, 15) is 13.6 Å². The Bertz CT molecular complexity index is 880. The van der Waals surface area contributed by atoms with Gasteiger partial charge in [0, 0.05) is 4.90 Å². The molecule has 0 bridgehead atoms. The Kier molecular flexibility index (Phi) is 4.58. The van der Waals surface area contributed by atoms with Gasteiger partial charge in [0.05, 0.1) is 16.0 Å². The number of carbonyl (C=O) groups excluding carboxylic acids is 1. The van der Waals surface area contributed by atoms with E-state index < -0.39 is 11.6 Å². The van der Waals surface area contributed by atoms with Crippen molar-refractivity contribution in [2.75, 3.05) is 11.1 Å². The van der Waals surface area contributed by atoms with Gasteiger partial charge < -0.3 is 5.32 Å². The average molecular weight is 350 g/mol. The van der Waals surface area contributed by atoms with E-state index >= 15 is 0 Å². The van der Waals surface area contributed by atoms with Gasteiger partial charge in [-0.25, -0.2) is 13.8 Å². The summed E-state index contributed by atoms with van der Waals surface area (Å²) in [4.78, 5) is 16.5. The highest BCUT2D eigenvalue weighted by atomic mass is 32.2. The van der Waals surface area contributed by atoms with Gasteiger partial charge in [0.2, 0.25) is 5.91 Å². The number of nitrogens with zero attached hydrogens (tertiary/aromatic N) is 1. The fourth-order valence-corrected chi connectivity index (χ4v) is 3.75. The molecule has 0 unspecified atom stereocenters. The lowest BCUT2D eigenvalue weighted by atomic mass is 10.2. The summed E-state index contributed by atoms with van der Waals surface area (Å²) in [7, 11) is 0. The summed E-state index contributed by atoms with van der Waals surface area (Å²) in [5.74, 6) is -1.40. The molecule has 3 aromatic rings. The van der Waals surface area contributed by atoms with Gasteiger partial charge in [-0.2, -0.15) is 0 Å². The quantitative estimate of drug-likeness (QED) is 0.699. The molecule has 3 rings (SSSR count). The van der Waals surface area contributed by atoms with Crippen LogP contribution in [0.15, 0.2) is 41.3 Å². The lowest BCUT2D eigenvalue weighted by molar-refractivity contribution is -0.113. The molecule has 0 aliphatic rings. The molecule has 1 aromatic heterocycles. The molecule has 1 heterocycles. The zero-order valence-corrected chi connectivity index (χ0v) is 13.7.